The first-order valence-corrected chi connectivity index (χ1v) is 11.1. The van der Waals surface area contributed by atoms with Gasteiger partial charge in [-0.25, -0.2) is 0 Å². The van der Waals surface area contributed by atoms with Gasteiger partial charge >= 0.3 is 0 Å². The molecule has 3 N–H and O–H groups in total. The van der Waals surface area contributed by atoms with E-state index in [1.807, 2.05) is 25.1 Å². The zero-order valence-electron chi connectivity index (χ0n) is 16.4. The third-order valence-corrected chi connectivity index (χ3v) is 5.45. The molecule has 0 aliphatic carbocycles. The molecule has 0 amide bonds. The molecule has 0 aliphatic heterocycles. The maximum Gasteiger partial charge on any atom is 0.162 e. The molecule has 0 heterocycles. The molecule has 0 bridgehead atoms. The number of hydrogen-bond donors (Lipinski definition) is 3. The van der Waals surface area contributed by atoms with Crippen molar-refractivity contribution in [3.63, 3.8) is 0 Å². The Morgan fingerprint density at radius 3 is 2.45 bits per heavy atom. The van der Waals surface area contributed by atoms with Crippen molar-refractivity contribution in [2.24, 2.45) is 0 Å². The fraction of sp³-hybridized carbons (Fsp3) is 0.429. The predicted octanol–water partition coefficient (Wildman–Crippen LogP) is 4.80. The van der Waals surface area contributed by atoms with Gasteiger partial charge in [0.2, 0.25) is 0 Å². The lowest BCUT2D eigenvalue weighted by Crippen LogP contribution is -2.24. The minimum Gasteiger partial charge on any atom is -0.490 e. The highest BCUT2D eigenvalue weighted by atomic mass is 79.9. The van der Waals surface area contributed by atoms with Crippen LogP contribution in [0, 0.1) is 0 Å². The molecular formula is C21H27BrCl2N2O3. The van der Waals surface area contributed by atoms with Gasteiger partial charge in [0.15, 0.2) is 11.5 Å². The maximum absolute atomic E-state index is 8.75. The quantitative estimate of drug-likeness (QED) is 0.341. The second-order valence-electron chi connectivity index (χ2n) is 6.35. The van der Waals surface area contributed by atoms with Crippen LogP contribution in [0.15, 0.2) is 34.8 Å². The van der Waals surface area contributed by atoms with Gasteiger partial charge in [0.25, 0.3) is 0 Å². The van der Waals surface area contributed by atoms with Crippen molar-refractivity contribution in [3.05, 3.63) is 56.0 Å². The Morgan fingerprint density at radius 1 is 0.966 bits per heavy atom. The Labute approximate surface area is 190 Å². The molecule has 29 heavy (non-hydrogen) atoms. The zero-order chi connectivity index (χ0) is 21.1. The number of benzene rings is 2. The van der Waals surface area contributed by atoms with Crippen molar-refractivity contribution in [1.82, 2.24) is 10.6 Å². The topological polar surface area (TPSA) is 62.8 Å². The fourth-order valence-corrected chi connectivity index (χ4v) is 3.58. The highest BCUT2D eigenvalue weighted by Gasteiger charge is 2.12. The van der Waals surface area contributed by atoms with E-state index in [4.69, 9.17) is 37.8 Å². The summed E-state index contributed by atoms with van der Waals surface area (Å²) in [6.45, 7) is 6.07. The molecule has 0 atom stereocenters. The van der Waals surface area contributed by atoms with Gasteiger partial charge < -0.3 is 25.2 Å². The van der Waals surface area contributed by atoms with Gasteiger partial charge in [0, 0.05) is 33.2 Å². The fourth-order valence-electron chi connectivity index (χ4n) is 2.65. The first kappa shape index (κ1) is 24.3. The van der Waals surface area contributed by atoms with E-state index in [2.05, 4.69) is 26.6 Å². The predicted molar refractivity (Wildman–Crippen MR) is 122 cm³/mol. The SMILES string of the molecule is CCOc1cc(CNCCCNCCO)c(Br)cc1OCc1ccc(Cl)cc1Cl. The highest BCUT2D eigenvalue weighted by Crippen LogP contribution is 2.35. The third-order valence-electron chi connectivity index (χ3n) is 4.12. The first-order valence-electron chi connectivity index (χ1n) is 9.59. The van der Waals surface area contributed by atoms with Gasteiger partial charge in [0.1, 0.15) is 6.61 Å². The van der Waals surface area contributed by atoms with E-state index in [0.29, 0.717) is 47.8 Å². The lowest BCUT2D eigenvalue weighted by Gasteiger charge is -2.16. The van der Waals surface area contributed by atoms with E-state index in [1.54, 1.807) is 12.1 Å². The number of aliphatic hydroxyl groups excluding tert-OH is 1. The summed E-state index contributed by atoms with van der Waals surface area (Å²) in [5.74, 6) is 1.35. The van der Waals surface area contributed by atoms with E-state index < -0.39 is 0 Å². The molecule has 2 aromatic carbocycles. The minimum absolute atomic E-state index is 0.166. The lowest BCUT2D eigenvalue weighted by molar-refractivity contribution is 0.269. The van der Waals surface area contributed by atoms with Gasteiger partial charge in [-0.15, -0.1) is 0 Å². The van der Waals surface area contributed by atoms with E-state index >= 15 is 0 Å². The van der Waals surface area contributed by atoms with E-state index in [0.717, 1.165) is 35.1 Å². The molecule has 160 valence electrons. The molecule has 0 radical (unpaired) electrons. The molecule has 0 aliphatic rings. The van der Waals surface area contributed by atoms with Crippen LogP contribution in [0.25, 0.3) is 0 Å². The largest absolute Gasteiger partial charge is 0.490 e. The van der Waals surface area contributed by atoms with Crippen LogP contribution in [-0.2, 0) is 13.2 Å². The summed E-state index contributed by atoms with van der Waals surface area (Å²) in [4.78, 5) is 0. The molecular weight excluding hydrogens is 479 g/mol. The van der Waals surface area contributed by atoms with Gasteiger partial charge in [-0.2, -0.15) is 0 Å². The van der Waals surface area contributed by atoms with Crippen LogP contribution in [0.2, 0.25) is 10.0 Å². The Kier molecular flexibility index (Phi) is 11.1. The van der Waals surface area contributed by atoms with Gasteiger partial charge in [0.05, 0.1) is 13.2 Å². The Bertz CT molecular complexity index is 778. The average Bonchev–Trinajstić information content (AvgIpc) is 2.69. The summed E-state index contributed by atoms with van der Waals surface area (Å²) < 4.78 is 12.7. The number of ether oxygens (including phenoxy) is 2. The molecule has 0 saturated carbocycles. The van der Waals surface area contributed by atoms with Crippen LogP contribution in [0.4, 0.5) is 0 Å². The summed E-state index contributed by atoms with van der Waals surface area (Å²) in [7, 11) is 0. The molecule has 2 aromatic rings. The van der Waals surface area contributed by atoms with Crippen molar-refractivity contribution in [2.45, 2.75) is 26.5 Å². The van der Waals surface area contributed by atoms with Crippen LogP contribution in [-0.4, -0.2) is 38.0 Å². The van der Waals surface area contributed by atoms with Crippen molar-refractivity contribution >= 4 is 39.1 Å². The van der Waals surface area contributed by atoms with Gasteiger partial charge in [-0.05, 0) is 56.3 Å². The number of aliphatic hydroxyl groups is 1. The summed E-state index contributed by atoms with van der Waals surface area (Å²) in [5.41, 5.74) is 1.95. The minimum atomic E-state index is 0.166. The molecule has 0 fully saturated rings. The van der Waals surface area contributed by atoms with Gasteiger partial charge in [-0.1, -0.05) is 45.2 Å². The number of hydrogen-bond acceptors (Lipinski definition) is 5. The number of nitrogens with one attached hydrogen (secondary N) is 2. The van der Waals surface area contributed by atoms with Crippen LogP contribution >= 0.6 is 39.1 Å². The second-order valence-corrected chi connectivity index (χ2v) is 8.05. The van der Waals surface area contributed by atoms with Crippen molar-refractivity contribution in [3.8, 4) is 11.5 Å². The molecule has 0 saturated heterocycles. The van der Waals surface area contributed by atoms with E-state index in [1.165, 1.54) is 0 Å². The molecule has 0 unspecified atom stereocenters. The highest BCUT2D eigenvalue weighted by molar-refractivity contribution is 9.10. The Morgan fingerprint density at radius 2 is 1.72 bits per heavy atom. The summed E-state index contributed by atoms with van der Waals surface area (Å²) in [6, 6.07) is 9.26. The van der Waals surface area contributed by atoms with Crippen LogP contribution < -0.4 is 20.1 Å². The zero-order valence-corrected chi connectivity index (χ0v) is 19.5. The number of halogens is 3. The Hall–Kier alpha value is -1.02. The second kappa shape index (κ2) is 13.3. The summed E-state index contributed by atoms with van der Waals surface area (Å²) in [6.07, 6.45) is 0.985. The molecule has 8 heteroatoms. The average molecular weight is 506 g/mol. The standard InChI is InChI=1S/C21H27BrCl2N2O3/c1-2-28-20-10-16(13-26-7-3-6-25-8-9-27)18(22)12-21(20)29-14-15-4-5-17(23)11-19(15)24/h4-5,10-12,25-27H,2-3,6-9,13-14H2,1H3. The number of rotatable bonds is 13. The summed E-state index contributed by atoms with van der Waals surface area (Å²) in [5, 5.41) is 16.5. The van der Waals surface area contributed by atoms with E-state index in [-0.39, 0.29) is 6.61 Å². The van der Waals surface area contributed by atoms with Crippen molar-refractivity contribution in [1.29, 1.82) is 0 Å². The molecule has 0 aromatic heterocycles. The smallest absolute Gasteiger partial charge is 0.162 e. The van der Waals surface area contributed by atoms with Crippen molar-refractivity contribution < 1.29 is 14.6 Å². The summed E-state index contributed by atoms with van der Waals surface area (Å²) >= 11 is 15.8. The van der Waals surface area contributed by atoms with Crippen molar-refractivity contribution in [2.75, 3.05) is 32.8 Å². The molecule has 5 nitrogen and oxygen atoms in total. The van der Waals surface area contributed by atoms with Crippen LogP contribution in [0.5, 0.6) is 11.5 Å². The van der Waals surface area contributed by atoms with Crippen LogP contribution in [0.3, 0.4) is 0 Å². The third kappa shape index (κ3) is 8.32. The maximum atomic E-state index is 8.75. The first-order chi connectivity index (χ1) is 14.0. The van der Waals surface area contributed by atoms with Crippen LogP contribution in [0.1, 0.15) is 24.5 Å². The van der Waals surface area contributed by atoms with E-state index in [9.17, 15) is 0 Å². The molecule has 2 rings (SSSR count). The van der Waals surface area contributed by atoms with Gasteiger partial charge in [-0.3, -0.25) is 0 Å². The Balaban J connectivity index is 1.97. The lowest BCUT2D eigenvalue weighted by atomic mass is 10.2. The molecule has 0 spiro atoms. The normalized spacial score (nSPS) is 10.9. The monoisotopic (exact) mass is 504 g/mol.